The molecule has 0 aliphatic carbocycles. The predicted octanol–water partition coefficient (Wildman–Crippen LogP) is 3.02. The van der Waals surface area contributed by atoms with Gasteiger partial charge in [0.05, 0.1) is 12.8 Å². The summed E-state index contributed by atoms with van der Waals surface area (Å²) in [5.74, 6) is -0.459. The van der Waals surface area contributed by atoms with Crippen molar-refractivity contribution in [1.29, 1.82) is 0 Å². The summed E-state index contributed by atoms with van der Waals surface area (Å²) in [7, 11) is 1.32. The van der Waals surface area contributed by atoms with Crippen LogP contribution in [0, 0.1) is 0 Å². The summed E-state index contributed by atoms with van der Waals surface area (Å²) in [5, 5.41) is 4.41. The molecule has 26 heavy (non-hydrogen) atoms. The first-order valence-electron chi connectivity index (χ1n) is 9.17. The van der Waals surface area contributed by atoms with Crippen molar-refractivity contribution in [1.82, 2.24) is 9.78 Å². The molecule has 1 aromatic carbocycles. The fraction of sp³-hybridized carbons (Fsp3) is 0.450. The van der Waals surface area contributed by atoms with E-state index in [1.54, 1.807) is 6.07 Å². The number of carbonyl (C=O) groups is 1. The van der Waals surface area contributed by atoms with Crippen LogP contribution in [-0.2, 0) is 9.53 Å². The molecule has 0 spiro atoms. The van der Waals surface area contributed by atoms with Crippen LogP contribution < -0.4 is 10.5 Å². The fourth-order valence-corrected chi connectivity index (χ4v) is 3.37. The van der Waals surface area contributed by atoms with Crippen LogP contribution in [0.2, 0.25) is 0 Å². The minimum Gasteiger partial charge on any atom is -0.467 e. The summed E-state index contributed by atoms with van der Waals surface area (Å²) in [6.45, 7) is 4.02. The molecule has 0 N–H and O–H groups in total. The van der Waals surface area contributed by atoms with Gasteiger partial charge in [-0.1, -0.05) is 19.1 Å². The monoisotopic (exact) mass is 355 g/mol. The molecule has 0 unspecified atom stereocenters. The molecule has 1 atom stereocenters. The summed E-state index contributed by atoms with van der Waals surface area (Å²) in [6.07, 6.45) is 4.22. The molecule has 0 radical (unpaired) electrons. The SMILES string of the molecule is CC[C@@H](C(=O)OC)n1nc(-c2ccc(N3CCCCC3)cc2)ccc1=O. The van der Waals surface area contributed by atoms with Crippen LogP contribution in [0.15, 0.2) is 41.2 Å². The van der Waals surface area contributed by atoms with Gasteiger partial charge in [-0.3, -0.25) is 4.79 Å². The number of rotatable bonds is 5. The van der Waals surface area contributed by atoms with Crippen molar-refractivity contribution in [3.05, 3.63) is 46.8 Å². The zero-order valence-corrected chi connectivity index (χ0v) is 15.4. The van der Waals surface area contributed by atoms with E-state index in [1.165, 1.54) is 42.8 Å². The summed E-state index contributed by atoms with van der Waals surface area (Å²) in [5.41, 5.74) is 2.48. The lowest BCUT2D eigenvalue weighted by molar-refractivity contribution is -0.145. The maximum absolute atomic E-state index is 12.2. The highest BCUT2D eigenvalue weighted by Crippen LogP contribution is 2.24. The number of anilines is 1. The molecule has 2 heterocycles. The van der Waals surface area contributed by atoms with Gasteiger partial charge in [-0.15, -0.1) is 0 Å². The highest BCUT2D eigenvalue weighted by atomic mass is 16.5. The largest absolute Gasteiger partial charge is 0.467 e. The second-order valence-electron chi connectivity index (χ2n) is 6.54. The van der Waals surface area contributed by atoms with Crippen LogP contribution in [0.3, 0.4) is 0 Å². The smallest absolute Gasteiger partial charge is 0.330 e. The van der Waals surface area contributed by atoms with E-state index in [1.807, 2.05) is 19.1 Å². The summed E-state index contributed by atoms with van der Waals surface area (Å²) in [4.78, 5) is 26.5. The van der Waals surface area contributed by atoms with Gasteiger partial charge in [-0.25, -0.2) is 9.48 Å². The Kier molecular flexibility index (Phi) is 5.71. The number of nitrogens with zero attached hydrogens (tertiary/aromatic N) is 3. The van der Waals surface area contributed by atoms with Crippen LogP contribution >= 0.6 is 0 Å². The van der Waals surface area contributed by atoms with E-state index in [4.69, 9.17) is 4.74 Å². The zero-order chi connectivity index (χ0) is 18.5. The number of hydrogen-bond donors (Lipinski definition) is 0. The summed E-state index contributed by atoms with van der Waals surface area (Å²) in [6, 6.07) is 10.6. The molecule has 6 nitrogen and oxygen atoms in total. The highest BCUT2D eigenvalue weighted by molar-refractivity contribution is 5.74. The Morgan fingerprint density at radius 2 is 1.81 bits per heavy atom. The van der Waals surface area contributed by atoms with Gasteiger partial charge in [0.25, 0.3) is 5.56 Å². The van der Waals surface area contributed by atoms with Crippen LogP contribution in [-0.4, -0.2) is 35.9 Å². The Bertz CT molecular complexity index is 808. The normalized spacial score (nSPS) is 15.5. The van der Waals surface area contributed by atoms with Crippen LogP contribution in [0.5, 0.6) is 0 Å². The molecule has 1 aromatic heterocycles. The van der Waals surface area contributed by atoms with Gasteiger partial charge in [-0.05, 0) is 43.9 Å². The first-order chi connectivity index (χ1) is 12.6. The minimum atomic E-state index is -0.708. The van der Waals surface area contributed by atoms with Crippen molar-refractivity contribution >= 4 is 11.7 Å². The van der Waals surface area contributed by atoms with E-state index in [2.05, 4.69) is 22.1 Å². The van der Waals surface area contributed by atoms with Crippen LogP contribution in [0.25, 0.3) is 11.3 Å². The average Bonchev–Trinajstić information content (AvgIpc) is 2.70. The molecule has 1 aliphatic heterocycles. The van der Waals surface area contributed by atoms with Crippen molar-refractivity contribution in [3.63, 3.8) is 0 Å². The molecule has 1 saturated heterocycles. The highest BCUT2D eigenvalue weighted by Gasteiger charge is 2.22. The number of hydrogen-bond acceptors (Lipinski definition) is 5. The lowest BCUT2D eigenvalue weighted by Crippen LogP contribution is -2.32. The van der Waals surface area contributed by atoms with Crippen LogP contribution in [0.1, 0.15) is 38.6 Å². The van der Waals surface area contributed by atoms with Crippen molar-refractivity contribution in [2.45, 2.75) is 38.6 Å². The van der Waals surface area contributed by atoms with E-state index in [-0.39, 0.29) is 5.56 Å². The number of piperidine rings is 1. The van der Waals surface area contributed by atoms with E-state index < -0.39 is 12.0 Å². The predicted molar refractivity (Wildman–Crippen MR) is 101 cm³/mol. The number of carbonyl (C=O) groups excluding carboxylic acids is 1. The van der Waals surface area contributed by atoms with Gasteiger partial charge < -0.3 is 9.64 Å². The quantitative estimate of drug-likeness (QED) is 0.772. The molecular formula is C20H25N3O3. The molecule has 2 aromatic rings. The fourth-order valence-electron chi connectivity index (χ4n) is 3.37. The molecule has 1 aliphatic rings. The van der Waals surface area contributed by atoms with Gasteiger partial charge >= 0.3 is 5.97 Å². The van der Waals surface area contributed by atoms with E-state index in [0.29, 0.717) is 12.1 Å². The third-order valence-electron chi connectivity index (χ3n) is 4.86. The molecule has 3 rings (SSSR count). The Balaban J connectivity index is 1.88. The third-order valence-corrected chi connectivity index (χ3v) is 4.86. The van der Waals surface area contributed by atoms with Crippen molar-refractivity contribution in [2.75, 3.05) is 25.1 Å². The average molecular weight is 355 g/mol. The number of methoxy groups -OCH3 is 1. The molecule has 138 valence electrons. The zero-order valence-electron chi connectivity index (χ0n) is 15.4. The van der Waals surface area contributed by atoms with Crippen molar-refractivity contribution in [2.24, 2.45) is 0 Å². The molecule has 6 heteroatoms. The molecule has 0 bridgehead atoms. The van der Waals surface area contributed by atoms with Gasteiger partial charge in [0.1, 0.15) is 0 Å². The number of benzene rings is 1. The maximum atomic E-state index is 12.2. The Morgan fingerprint density at radius 1 is 1.12 bits per heavy atom. The number of aromatic nitrogens is 2. The lowest BCUT2D eigenvalue weighted by Gasteiger charge is -2.28. The standard InChI is InChI=1S/C20H25N3O3/c1-3-18(20(25)26-2)23-19(24)12-11-17(21-23)15-7-9-16(10-8-15)22-13-5-4-6-14-22/h7-12,18H,3-6,13-14H2,1-2H3/t18-/m0/s1. The van der Waals surface area contributed by atoms with E-state index in [9.17, 15) is 9.59 Å². The summed E-state index contributed by atoms with van der Waals surface area (Å²) < 4.78 is 6.02. The van der Waals surface area contributed by atoms with Gasteiger partial charge in [0.2, 0.25) is 0 Å². The molecule has 0 saturated carbocycles. The van der Waals surface area contributed by atoms with Crippen molar-refractivity contribution < 1.29 is 9.53 Å². The molecule has 0 amide bonds. The van der Waals surface area contributed by atoms with Crippen molar-refractivity contribution in [3.8, 4) is 11.3 Å². The summed E-state index contributed by atoms with van der Waals surface area (Å²) >= 11 is 0. The van der Waals surface area contributed by atoms with E-state index >= 15 is 0 Å². The lowest BCUT2D eigenvalue weighted by atomic mass is 10.1. The second-order valence-corrected chi connectivity index (χ2v) is 6.54. The number of ether oxygens (including phenoxy) is 1. The van der Waals surface area contributed by atoms with Crippen LogP contribution in [0.4, 0.5) is 5.69 Å². The minimum absolute atomic E-state index is 0.309. The van der Waals surface area contributed by atoms with Gasteiger partial charge in [-0.2, -0.15) is 5.10 Å². The first-order valence-corrected chi connectivity index (χ1v) is 9.17. The Labute approximate surface area is 153 Å². The first kappa shape index (κ1) is 18.2. The van der Waals surface area contributed by atoms with Gasteiger partial charge in [0.15, 0.2) is 6.04 Å². The molecular weight excluding hydrogens is 330 g/mol. The maximum Gasteiger partial charge on any atom is 0.330 e. The Morgan fingerprint density at radius 3 is 2.42 bits per heavy atom. The second kappa shape index (κ2) is 8.17. The molecule has 1 fully saturated rings. The third kappa shape index (κ3) is 3.79. The Hall–Kier alpha value is -2.63. The topological polar surface area (TPSA) is 64.4 Å². The number of esters is 1. The van der Waals surface area contributed by atoms with E-state index in [0.717, 1.165) is 18.7 Å². The van der Waals surface area contributed by atoms with Gasteiger partial charge in [0, 0.05) is 30.4 Å².